The van der Waals surface area contributed by atoms with Crippen LogP contribution in [-0.2, 0) is 0 Å². The van der Waals surface area contributed by atoms with Crippen molar-refractivity contribution >= 4 is 0 Å². The molecule has 0 rings (SSSR count). The maximum absolute atomic E-state index is 3.42. The Balaban J connectivity index is 4.04. The standard InChI is InChI=1S/C14H33N3/c1-7-15-9-8-14(4)17(12-13(2)3)11-10-16(5)6/h13-15H,7-12H2,1-6H3. The molecule has 1 unspecified atom stereocenters. The molecule has 1 atom stereocenters. The van der Waals surface area contributed by atoms with Crippen molar-refractivity contribution in [2.75, 3.05) is 46.8 Å². The summed E-state index contributed by atoms with van der Waals surface area (Å²) in [5.41, 5.74) is 0. The first kappa shape index (κ1) is 16.9. The third-order valence-corrected chi connectivity index (χ3v) is 3.05. The maximum atomic E-state index is 3.42. The summed E-state index contributed by atoms with van der Waals surface area (Å²) in [7, 11) is 4.30. The number of likely N-dealkylation sites (N-methyl/N-ethyl adjacent to an activating group) is 1. The van der Waals surface area contributed by atoms with E-state index in [-0.39, 0.29) is 0 Å². The number of rotatable bonds is 10. The molecule has 0 bridgehead atoms. The molecular formula is C14H33N3. The lowest BCUT2D eigenvalue weighted by Gasteiger charge is -2.31. The van der Waals surface area contributed by atoms with Crippen LogP contribution in [0.5, 0.6) is 0 Å². The minimum Gasteiger partial charge on any atom is -0.317 e. The summed E-state index contributed by atoms with van der Waals surface area (Å²) < 4.78 is 0. The van der Waals surface area contributed by atoms with E-state index in [1.165, 1.54) is 19.5 Å². The average molecular weight is 243 g/mol. The Hall–Kier alpha value is -0.120. The normalized spacial score (nSPS) is 13.9. The SMILES string of the molecule is CCNCCC(C)N(CCN(C)C)CC(C)C. The number of nitrogens with one attached hydrogen (secondary N) is 1. The Morgan fingerprint density at radius 1 is 1.06 bits per heavy atom. The van der Waals surface area contributed by atoms with Gasteiger partial charge in [0.25, 0.3) is 0 Å². The fourth-order valence-corrected chi connectivity index (χ4v) is 1.96. The van der Waals surface area contributed by atoms with E-state index in [2.05, 4.69) is 56.9 Å². The molecule has 0 heterocycles. The third kappa shape index (κ3) is 9.57. The van der Waals surface area contributed by atoms with E-state index in [0.717, 1.165) is 25.6 Å². The van der Waals surface area contributed by atoms with E-state index in [1.807, 2.05) is 0 Å². The summed E-state index contributed by atoms with van der Waals surface area (Å²) in [4.78, 5) is 4.90. The Kier molecular flexibility index (Phi) is 9.79. The molecule has 0 fully saturated rings. The lowest BCUT2D eigenvalue weighted by Crippen LogP contribution is -2.41. The van der Waals surface area contributed by atoms with E-state index in [1.54, 1.807) is 0 Å². The lowest BCUT2D eigenvalue weighted by molar-refractivity contribution is 0.162. The van der Waals surface area contributed by atoms with E-state index in [0.29, 0.717) is 6.04 Å². The van der Waals surface area contributed by atoms with E-state index < -0.39 is 0 Å². The van der Waals surface area contributed by atoms with Crippen molar-refractivity contribution in [3.05, 3.63) is 0 Å². The molecule has 0 amide bonds. The number of nitrogens with zero attached hydrogens (tertiary/aromatic N) is 2. The van der Waals surface area contributed by atoms with Gasteiger partial charge in [-0.25, -0.2) is 0 Å². The fraction of sp³-hybridized carbons (Fsp3) is 1.00. The van der Waals surface area contributed by atoms with Crippen LogP contribution in [0.25, 0.3) is 0 Å². The predicted octanol–water partition coefficient (Wildman–Crippen LogP) is 1.89. The van der Waals surface area contributed by atoms with E-state index in [4.69, 9.17) is 0 Å². The summed E-state index contributed by atoms with van der Waals surface area (Å²) >= 11 is 0. The Labute approximate surface area is 109 Å². The summed E-state index contributed by atoms with van der Waals surface area (Å²) in [6.07, 6.45) is 1.24. The highest BCUT2D eigenvalue weighted by molar-refractivity contribution is 4.70. The summed E-state index contributed by atoms with van der Waals surface area (Å²) in [5.74, 6) is 0.749. The van der Waals surface area contributed by atoms with Crippen molar-refractivity contribution < 1.29 is 0 Å². The third-order valence-electron chi connectivity index (χ3n) is 3.05. The second-order valence-corrected chi connectivity index (χ2v) is 5.68. The van der Waals surface area contributed by atoms with Gasteiger partial charge in [-0.3, -0.25) is 4.90 Å². The molecule has 0 aliphatic heterocycles. The molecule has 0 aromatic carbocycles. The quantitative estimate of drug-likeness (QED) is 0.591. The second kappa shape index (κ2) is 9.86. The molecular weight excluding hydrogens is 210 g/mol. The minimum atomic E-state index is 0.677. The monoisotopic (exact) mass is 243 g/mol. The molecule has 1 N–H and O–H groups in total. The molecule has 3 heteroatoms. The zero-order valence-corrected chi connectivity index (χ0v) is 12.8. The lowest BCUT2D eigenvalue weighted by atomic mass is 10.1. The molecule has 3 nitrogen and oxygen atoms in total. The molecule has 104 valence electrons. The summed E-state index contributed by atoms with van der Waals surface area (Å²) in [6.45, 7) is 14.9. The molecule has 0 aliphatic rings. The van der Waals surface area contributed by atoms with Crippen LogP contribution in [0.3, 0.4) is 0 Å². The first-order valence-electron chi connectivity index (χ1n) is 7.06. The minimum absolute atomic E-state index is 0.677. The molecule has 0 aromatic rings. The van der Waals surface area contributed by atoms with Gasteiger partial charge in [0, 0.05) is 25.7 Å². The smallest absolute Gasteiger partial charge is 0.0112 e. The largest absolute Gasteiger partial charge is 0.317 e. The first-order chi connectivity index (χ1) is 7.97. The van der Waals surface area contributed by atoms with Gasteiger partial charge >= 0.3 is 0 Å². The van der Waals surface area contributed by atoms with Crippen molar-refractivity contribution in [1.82, 2.24) is 15.1 Å². The van der Waals surface area contributed by atoms with Gasteiger partial charge in [0.2, 0.25) is 0 Å². The first-order valence-corrected chi connectivity index (χ1v) is 7.06. The maximum Gasteiger partial charge on any atom is 0.0112 e. The van der Waals surface area contributed by atoms with Crippen LogP contribution < -0.4 is 5.32 Å². The van der Waals surface area contributed by atoms with E-state index >= 15 is 0 Å². The predicted molar refractivity (Wildman–Crippen MR) is 77.6 cm³/mol. The van der Waals surface area contributed by atoms with Crippen LogP contribution in [-0.4, -0.2) is 62.7 Å². The van der Waals surface area contributed by atoms with Gasteiger partial charge in [-0.2, -0.15) is 0 Å². The highest BCUT2D eigenvalue weighted by Crippen LogP contribution is 2.07. The van der Waals surface area contributed by atoms with Crippen molar-refractivity contribution in [3.8, 4) is 0 Å². The van der Waals surface area contributed by atoms with Crippen LogP contribution in [0.4, 0.5) is 0 Å². The highest BCUT2D eigenvalue weighted by atomic mass is 15.2. The highest BCUT2D eigenvalue weighted by Gasteiger charge is 2.14. The molecule has 0 spiro atoms. The Bertz CT molecular complexity index is 169. The molecule has 0 saturated heterocycles. The zero-order valence-electron chi connectivity index (χ0n) is 12.8. The van der Waals surface area contributed by atoms with Crippen LogP contribution in [0, 0.1) is 5.92 Å². The van der Waals surface area contributed by atoms with Crippen molar-refractivity contribution in [2.24, 2.45) is 5.92 Å². The molecule has 0 radical (unpaired) electrons. The van der Waals surface area contributed by atoms with Gasteiger partial charge in [-0.05, 0) is 46.4 Å². The van der Waals surface area contributed by atoms with Crippen LogP contribution in [0.2, 0.25) is 0 Å². The van der Waals surface area contributed by atoms with Gasteiger partial charge in [0.1, 0.15) is 0 Å². The van der Waals surface area contributed by atoms with E-state index in [9.17, 15) is 0 Å². The number of hydrogen-bond donors (Lipinski definition) is 1. The van der Waals surface area contributed by atoms with Crippen molar-refractivity contribution in [1.29, 1.82) is 0 Å². The van der Waals surface area contributed by atoms with Gasteiger partial charge in [-0.15, -0.1) is 0 Å². The van der Waals surface area contributed by atoms with Gasteiger partial charge in [-0.1, -0.05) is 20.8 Å². The topological polar surface area (TPSA) is 18.5 Å². The van der Waals surface area contributed by atoms with Gasteiger partial charge in [0.15, 0.2) is 0 Å². The average Bonchev–Trinajstić information content (AvgIpc) is 2.23. The van der Waals surface area contributed by atoms with Crippen molar-refractivity contribution in [2.45, 2.75) is 40.2 Å². The van der Waals surface area contributed by atoms with Crippen LogP contribution >= 0.6 is 0 Å². The van der Waals surface area contributed by atoms with Crippen molar-refractivity contribution in [3.63, 3.8) is 0 Å². The van der Waals surface area contributed by atoms with Gasteiger partial charge < -0.3 is 10.2 Å². The molecule has 0 aromatic heterocycles. The fourth-order valence-electron chi connectivity index (χ4n) is 1.96. The summed E-state index contributed by atoms with van der Waals surface area (Å²) in [5, 5.41) is 3.42. The van der Waals surface area contributed by atoms with Crippen LogP contribution in [0.1, 0.15) is 34.1 Å². The zero-order chi connectivity index (χ0) is 13.3. The van der Waals surface area contributed by atoms with Gasteiger partial charge in [0.05, 0.1) is 0 Å². The Morgan fingerprint density at radius 3 is 2.18 bits per heavy atom. The second-order valence-electron chi connectivity index (χ2n) is 5.68. The number of hydrogen-bond acceptors (Lipinski definition) is 3. The molecule has 0 aliphatic carbocycles. The molecule has 0 saturated carbocycles. The summed E-state index contributed by atoms with van der Waals surface area (Å²) in [6, 6.07) is 0.677. The van der Waals surface area contributed by atoms with Crippen LogP contribution in [0.15, 0.2) is 0 Å². The molecule has 17 heavy (non-hydrogen) atoms. The Morgan fingerprint density at radius 2 is 1.71 bits per heavy atom.